The third-order valence-electron chi connectivity index (χ3n) is 6.63. The fourth-order valence-electron chi connectivity index (χ4n) is 5.07. The summed E-state index contributed by atoms with van der Waals surface area (Å²) in [6, 6.07) is 9.87. The van der Waals surface area contributed by atoms with Crippen LogP contribution in [0.3, 0.4) is 0 Å². The maximum atomic E-state index is 13.1. The minimum Gasteiger partial charge on any atom is -0.479 e. The predicted octanol–water partition coefficient (Wildman–Crippen LogP) is 4.06. The van der Waals surface area contributed by atoms with Gasteiger partial charge in [-0.05, 0) is 30.4 Å². The van der Waals surface area contributed by atoms with E-state index in [1.807, 2.05) is 47.9 Å². The monoisotopic (exact) mass is 477 g/mol. The minimum absolute atomic E-state index is 0.0525. The predicted molar refractivity (Wildman–Crippen MR) is 131 cm³/mol. The van der Waals surface area contributed by atoms with Gasteiger partial charge in [-0.1, -0.05) is 62.9 Å². The average molecular weight is 478 g/mol. The highest BCUT2D eigenvalue weighted by molar-refractivity contribution is 6.44. The number of aromatic nitrogens is 2. The molecule has 184 valence electrons. The van der Waals surface area contributed by atoms with E-state index in [1.165, 1.54) is 6.42 Å². The molecule has 0 bridgehead atoms. The Bertz CT molecular complexity index is 1240. The second-order valence-electron chi connectivity index (χ2n) is 9.11. The maximum absolute atomic E-state index is 13.1. The van der Waals surface area contributed by atoms with Gasteiger partial charge in [-0.3, -0.25) is 9.59 Å². The van der Waals surface area contributed by atoms with E-state index >= 15 is 0 Å². The van der Waals surface area contributed by atoms with Crippen molar-refractivity contribution in [1.29, 1.82) is 0 Å². The zero-order valence-corrected chi connectivity index (χ0v) is 20.0. The lowest BCUT2D eigenvalue weighted by Crippen LogP contribution is -2.24. The molecular weight excluding hydrogens is 446 g/mol. The Morgan fingerprint density at radius 1 is 1.14 bits per heavy atom. The Morgan fingerprint density at radius 2 is 1.86 bits per heavy atom. The largest absolute Gasteiger partial charge is 0.479 e. The standard InChI is InChI=1S/C27H31N3O5/c1-2-9-19-21(14-17-10-5-3-6-11-17)30-15-20(18-12-7-4-8-13-18)29-27(35-16-22(31)32)24(30)23(19)25(33)26(28)34/h3,5-6,10-11,15,18H,2,4,7-9,12-14,16H2,1H3,(H2,28,34)(H,31,32). The van der Waals surface area contributed by atoms with Gasteiger partial charge in [0.2, 0.25) is 5.88 Å². The van der Waals surface area contributed by atoms with Crippen LogP contribution in [-0.2, 0) is 22.4 Å². The number of nitrogens with zero attached hydrogens (tertiary/aromatic N) is 2. The number of ether oxygens (including phenoxy) is 1. The molecule has 0 unspecified atom stereocenters. The normalized spacial score (nSPS) is 14.2. The molecule has 0 atom stereocenters. The number of carboxylic acid groups (broad SMARTS) is 1. The number of hydrogen-bond acceptors (Lipinski definition) is 5. The number of carboxylic acids is 1. The highest BCUT2D eigenvalue weighted by Crippen LogP contribution is 2.37. The molecule has 4 rings (SSSR count). The number of ketones is 1. The zero-order chi connectivity index (χ0) is 24.9. The van der Waals surface area contributed by atoms with Gasteiger partial charge in [0.05, 0.1) is 11.3 Å². The Balaban J connectivity index is 2.02. The number of Topliss-reactive ketones (excluding diaryl/α,β-unsaturated/α-hetero) is 1. The van der Waals surface area contributed by atoms with Crippen molar-refractivity contribution in [2.24, 2.45) is 5.73 Å². The number of carbonyl (C=O) groups excluding carboxylic acids is 2. The number of carbonyl (C=O) groups is 3. The molecule has 35 heavy (non-hydrogen) atoms. The molecule has 1 aliphatic rings. The lowest BCUT2D eigenvalue weighted by molar-refractivity contribution is -0.139. The van der Waals surface area contributed by atoms with Gasteiger partial charge >= 0.3 is 5.97 Å². The van der Waals surface area contributed by atoms with Gasteiger partial charge in [-0.25, -0.2) is 9.78 Å². The topological polar surface area (TPSA) is 124 Å². The molecule has 8 nitrogen and oxygen atoms in total. The first kappa shape index (κ1) is 24.4. The third-order valence-corrected chi connectivity index (χ3v) is 6.63. The van der Waals surface area contributed by atoms with E-state index in [-0.39, 0.29) is 17.4 Å². The number of amides is 1. The molecule has 1 aromatic carbocycles. The first-order chi connectivity index (χ1) is 16.9. The molecule has 1 saturated carbocycles. The van der Waals surface area contributed by atoms with Crippen LogP contribution in [0.5, 0.6) is 5.88 Å². The first-order valence-corrected chi connectivity index (χ1v) is 12.2. The van der Waals surface area contributed by atoms with Crippen LogP contribution < -0.4 is 10.5 Å². The highest BCUT2D eigenvalue weighted by Gasteiger charge is 2.30. The summed E-state index contributed by atoms with van der Waals surface area (Å²) in [5.41, 5.74) is 9.36. The van der Waals surface area contributed by atoms with Crippen LogP contribution in [0.25, 0.3) is 5.52 Å². The van der Waals surface area contributed by atoms with E-state index in [4.69, 9.17) is 15.5 Å². The SMILES string of the molecule is CCCc1c(C(=O)C(N)=O)c2c(OCC(=O)O)nc(C3CCCCC3)cn2c1Cc1ccccc1. The quantitative estimate of drug-likeness (QED) is 0.335. The zero-order valence-electron chi connectivity index (χ0n) is 20.0. The molecule has 3 aromatic rings. The minimum atomic E-state index is -1.15. The van der Waals surface area contributed by atoms with Crippen LogP contribution in [0.4, 0.5) is 0 Å². The molecule has 0 saturated heterocycles. The average Bonchev–Trinajstić information content (AvgIpc) is 3.16. The van der Waals surface area contributed by atoms with Gasteiger partial charge in [-0.15, -0.1) is 0 Å². The molecule has 1 fully saturated rings. The summed E-state index contributed by atoms with van der Waals surface area (Å²) in [6.07, 6.45) is 9.12. The van der Waals surface area contributed by atoms with Crippen LogP contribution in [0.2, 0.25) is 0 Å². The Labute approximate surface area is 204 Å². The summed E-state index contributed by atoms with van der Waals surface area (Å²) in [5.74, 6) is -2.77. The number of nitrogens with two attached hydrogens (primary N) is 1. The molecule has 2 aromatic heterocycles. The van der Waals surface area contributed by atoms with Crippen LogP contribution in [0, 0.1) is 0 Å². The lowest BCUT2D eigenvalue weighted by atomic mass is 9.87. The second-order valence-corrected chi connectivity index (χ2v) is 9.11. The van der Waals surface area contributed by atoms with Crippen LogP contribution in [0.15, 0.2) is 36.5 Å². The van der Waals surface area contributed by atoms with Crippen molar-refractivity contribution < 1.29 is 24.2 Å². The van der Waals surface area contributed by atoms with E-state index < -0.39 is 24.3 Å². The van der Waals surface area contributed by atoms with Crippen molar-refractivity contribution in [2.75, 3.05) is 6.61 Å². The van der Waals surface area contributed by atoms with E-state index in [2.05, 4.69) is 0 Å². The molecule has 8 heteroatoms. The molecule has 0 aliphatic heterocycles. The number of rotatable bonds is 10. The Hall–Kier alpha value is -3.68. The maximum Gasteiger partial charge on any atom is 0.341 e. The van der Waals surface area contributed by atoms with Crippen LogP contribution in [-0.4, -0.2) is 38.8 Å². The number of fused-ring (bicyclic) bond motifs is 1. The van der Waals surface area contributed by atoms with Gasteiger partial charge < -0.3 is 20.0 Å². The number of primary amides is 1. The van der Waals surface area contributed by atoms with Crippen molar-refractivity contribution in [3.05, 3.63) is 64.6 Å². The van der Waals surface area contributed by atoms with Crippen LogP contribution >= 0.6 is 0 Å². The molecule has 0 radical (unpaired) electrons. The summed E-state index contributed by atoms with van der Waals surface area (Å²) in [4.78, 5) is 41.2. The van der Waals surface area contributed by atoms with E-state index in [9.17, 15) is 19.5 Å². The van der Waals surface area contributed by atoms with Gasteiger partial charge in [0.25, 0.3) is 11.7 Å². The van der Waals surface area contributed by atoms with E-state index in [0.29, 0.717) is 18.4 Å². The van der Waals surface area contributed by atoms with E-state index in [1.54, 1.807) is 0 Å². The second kappa shape index (κ2) is 10.7. The molecular formula is C27H31N3O5. The molecule has 1 aliphatic carbocycles. The molecule has 1 amide bonds. The van der Waals surface area contributed by atoms with Gasteiger partial charge in [-0.2, -0.15) is 0 Å². The number of benzene rings is 1. The fraction of sp³-hybridized carbons (Fsp3) is 0.407. The number of aliphatic carboxylic acids is 1. The molecule has 2 heterocycles. The van der Waals surface area contributed by atoms with Crippen molar-refractivity contribution >= 4 is 23.2 Å². The van der Waals surface area contributed by atoms with Crippen LogP contribution in [0.1, 0.15) is 84.2 Å². The van der Waals surface area contributed by atoms with Gasteiger partial charge in [0.15, 0.2) is 6.61 Å². The van der Waals surface area contributed by atoms with Crippen molar-refractivity contribution in [1.82, 2.24) is 9.38 Å². The van der Waals surface area contributed by atoms with Crippen molar-refractivity contribution in [3.8, 4) is 5.88 Å². The smallest absolute Gasteiger partial charge is 0.341 e. The summed E-state index contributed by atoms with van der Waals surface area (Å²) in [6.45, 7) is 1.39. The van der Waals surface area contributed by atoms with Crippen molar-refractivity contribution in [3.63, 3.8) is 0 Å². The molecule has 0 spiro atoms. The van der Waals surface area contributed by atoms with Gasteiger partial charge in [0, 0.05) is 24.2 Å². The Morgan fingerprint density at radius 3 is 2.49 bits per heavy atom. The van der Waals surface area contributed by atoms with Gasteiger partial charge in [0.1, 0.15) is 5.52 Å². The Kier molecular flexibility index (Phi) is 7.48. The highest BCUT2D eigenvalue weighted by atomic mass is 16.5. The summed E-state index contributed by atoms with van der Waals surface area (Å²) >= 11 is 0. The summed E-state index contributed by atoms with van der Waals surface area (Å²) < 4.78 is 7.53. The van der Waals surface area contributed by atoms with Crippen molar-refractivity contribution in [2.45, 2.75) is 64.2 Å². The molecule has 3 N–H and O–H groups in total. The summed E-state index contributed by atoms with van der Waals surface area (Å²) in [5, 5.41) is 9.27. The third kappa shape index (κ3) is 5.21. The lowest BCUT2D eigenvalue weighted by Gasteiger charge is -2.22. The number of hydrogen-bond donors (Lipinski definition) is 2. The first-order valence-electron chi connectivity index (χ1n) is 12.2. The fourth-order valence-corrected chi connectivity index (χ4v) is 5.07. The van der Waals surface area contributed by atoms with E-state index in [0.717, 1.165) is 54.6 Å². The summed E-state index contributed by atoms with van der Waals surface area (Å²) in [7, 11) is 0.